The summed E-state index contributed by atoms with van der Waals surface area (Å²) < 4.78 is 28.5. The van der Waals surface area contributed by atoms with Gasteiger partial charge in [0, 0.05) is 53.3 Å². The molecular formula is C40H43FN6O10. The van der Waals surface area contributed by atoms with Gasteiger partial charge in [0.05, 0.1) is 47.9 Å². The van der Waals surface area contributed by atoms with Gasteiger partial charge in [-0.25, -0.2) is 14.2 Å². The number of nitrogens with one attached hydrogen (secondary N) is 3. The number of hydrogen-bond donors (Lipinski definition) is 4. The van der Waals surface area contributed by atoms with E-state index in [-0.39, 0.29) is 91.7 Å². The van der Waals surface area contributed by atoms with E-state index in [0.29, 0.717) is 52.7 Å². The van der Waals surface area contributed by atoms with Crippen molar-refractivity contribution in [2.45, 2.75) is 104 Å². The van der Waals surface area contributed by atoms with Gasteiger partial charge in [0.15, 0.2) is 5.60 Å². The minimum atomic E-state index is -2.01. The van der Waals surface area contributed by atoms with Crippen LogP contribution in [0.5, 0.6) is 0 Å². The molecule has 0 bridgehead atoms. The number of carbonyl (C=O) groups excluding carboxylic acids is 6. The largest absolute Gasteiger partial charge is 0.458 e. The predicted molar refractivity (Wildman–Crippen MR) is 200 cm³/mol. The zero-order valence-electron chi connectivity index (χ0n) is 32.0. The Morgan fingerprint density at radius 1 is 0.930 bits per heavy atom. The van der Waals surface area contributed by atoms with Gasteiger partial charge in [-0.3, -0.25) is 33.7 Å². The zero-order valence-corrected chi connectivity index (χ0v) is 32.0. The fourth-order valence-corrected chi connectivity index (χ4v) is 7.85. The van der Waals surface area contributed by atoms with Crippen LogP contribution in [0.4, 0.5) is 10.1 Å². The summed E-state index contributed by atoms with van der Waals surface area (Å²) in [4.78, 5) is 95.1. The highest BCUT2D eigenvalue weighted by molar-refractivity contribution is 6.12. The Labute approximate surface area is 325 Å². The third kappa shape index (κ3) is 6.98. The lowest BCUT2D eigenvalue weighted by Crippen LogP contribution is -2.53. The van der Waals surface area contributed by atoms with Gasteiger partial charge in [-0.2, -0.15) is 0 Å². The monoisotopic (exact) mass is 786 g/mol. The van der Waals surface area contributed by atoms with Crippen LogP contribution in [0.15, 0.2) is 29.1 Å². The van der Waals surface area contributed by atoms with Crippen molar-refractivity contribution >= 4 is 52.1 Å². The first-order chi connectivity index (χ1) is 27.1. The molecular weight excluding hydrogens is 743 g/mol. The molecule has 0 aliphatic carbocycles. The van der Waals surface area contributed by atoms with E-state index in [9.17, 15) is 38.7 Å². The Hall–Kier alpha value is -5.81. The number of unbranched alkanes of at least 4 members (excludes halogenated alkanes) is 2. The lowest BCUT2D eigenvalue weighted by Gasteiger charge is -2.31. The number of pyridine rings is 2. The number of esters is 1. The molecule has 57 heavy (non-hydrogen) atoms. The summed E-state index contributed by atoms with van der Waals surface area (Å²) >= 11 is 0. The summed E-state index contributed by atoms with van der Waals surface area (Å²) in [5.74, 6) is -4.40. The van der Waals surface area contributed by atoms with Gasteiger partial charge < -0.3 is 35.1 Å². The van der Waals surface area contributed by atoms with Crippen LogP contribution < -0.4 is 21.5 Å². The number of amides is 5. The average molecular weight is 787 g/mol. The fourth-order valence-electron chi connectivity index (χ4n) is 7.85. The standard InChI is InChI=1S/C40H43FN6O10/c1-5-40(55)25-13-28-35-21(15-47(28)38(53)23(25)18-57-39(40)54)22-16-56-17-24-32(22)27(43-35)14-26(41)34(24)45-36(51)20(4)42-37(52)33(19(2)3)44-29(48)9-7-6-8-12-46-30(49)10-11-31(46)50/h10-11,13-14,19-20,33,55H,5-9,12,15-18H2,1-4H3,(H,42,52)(H,44,48)(H,45,51)/t20-,33-,40-/m0/s1. The second kappa shape index (κ2) is 15.3. The number of fused-ring (bicyclic) bond motifs is 5. The number of rotatable bonds is 13. The van der Waals surface area contributed by atoms with Gasteiger partial charge in [0.1, 0.15) is 24.5 Å². The van der Waals surface area contributed by atoms with Crippen LogP contribution in [0.3, 0.4) is 0 Å². The van der Waals surface area contributed by atoms with Gasteiger partial charge in [0.25, 0.3) is 17.4 Å². The molecule has 5 amide bonds. The predicted octanol–water partition coefficient (Wildman–Crippen LogP) is 2.32. The third-order valence-corrected chi connectivity index (χ3v) is 11.1. The van der Waals surface area contributed by atoms with E-state index in [4.69, 9.17) is 14.5 Å². The first kappa shape index (κ1) is 39.4. The molecule has 3 aromatic rings. The number of carbonyl (C=O) groups is 6. The number of hydrogen-bond acceptors (Lipinski definition) is 11. The van der Waals surface area contributed by atoms with Crippen molar-refractivity contribution in [2.24, 2.45) is 5.92 Å². The molecule has 0 saturated carbocycles. The van der Waals surface area contributed by atoms with E-state index in [1.165, 1.54) is 29.7 Å². The van der Waals surface area contributed by atoms with Gasteiger partial charge in [-0.05, 0) is 43.7 Å². The molecule has 7 rings (SSSR count). The Morgan fingerprint density at radius 2 is 1.65 bits per heavy atom. The van der Waals surface area contributed by atoms with E-state index >= 15 is 4.39 Å². The highest BCUT2D eigenvalue weighted by atomic mass is 19.1. The quantitative estimate of drug-likeness (QED) is 0.0877. The first-order valence-electron chi connectivity index (χ1n) is 19.0. The molecule has 2 aromatic heterocycles. The summed E-state index contributed by atoms with van der Waals surface area (Å²) in [6.45, 7) is 6.67. The van der Waals surface area contributed by atoms with Crippen molar-refractivity contribution < 1.29 is 47.7 Å². The lowest BCUT2D eigenvalue weighted by atomic mass is 9.86. The number of ether oxygens (including phenoxy) is 2. The van der Waals surface area contributed by atoms with Crippen molar-refractivity contribution in [1.29, 1.82) is 0 Å². The van der Waals surface area contributed by atoms with Crippen LogP contribution >= 0.6 is 0 Å². The molecule has 0 unspecified atom stereocenters. The molecule has 300 valence electrons. The third-order valence-electron chi connectivity index (χ3n) is 11.1. The van der Waals surface area contributed by atoms with Crippen molar-refractivity contribution in [2.75, 3.05) is 11.9 Å². The van der Waals surface area contributed by atoms with Gasteiger partial charge in [0.2, 0.25) is 17.7 Å². The SMILES string of the molecule is CC[C@@]1(O)C(=O)OCc2c1cc1n(c2=O)Cc2c-1nc1cc(F)c(NC(=O)[C@H](C)NC(=O)[C@@H](NC(=O)CCCCCN3C(=O)C=CC3=O)C(C)C)c3c1c2COC3. The van der Waals surface area contributed by atoms with E-state index in [2.05, 4.69) is 16.0 Å². The van der Waals surface area contributed by atoms with Gasteiger partial charge in [-0.15, -0.1) is 0 Å². The van der Waals surface area contributed by atoms with E-state index < -0.39 is 46.8 Å². The lowest BCUT2D eigenvalue weighted by molar-refractivity contribution is -0.172. The minimum Gasteiger partial charge on any atom is -0.458 e. The molecule has 1 aromatic carbocycles. The van der Waals surface area contributed by atoms with Crippen LogP contribution in [-0.4, -0.2) is 73.7 Å². The number of halogens is 1. The second-order valence-corrected chi connectivity index (χ2v) is 15.1. The van der Waals surface area contributed by atoms with Crippen LogP contribution in [0, 0.1) is 11.7 Å². The van der Waals surface area contributed by atoms with Crippen LogP contribution in [0.25, 0.3) is 22.3 Å². The summed E-state index contributed by atoms with van der Waals surface area (Å²) in [5, 5.41) is 19.7. The normalized spacial score (nSPS) is 18.9. The van der Waals surface area contributed by atoms with Crippen molar-refractivity contribution in [3.63, 3.8) is 0 Å². The van der Waals surface area contributed by atoms with Gasteiger partial charge >= 0.3 is 5.97 Å². The first-order valence-corrected chi connectivity index (χ1v) is 19.0. The van der Waals surface area contributed by atoms with Crippen molar-refractivity contribution in [3.8, 4) is 11.4 Å². The second-order valence-electron chi connectivity index (χ2n) is 15.1. The fraction of sp³-hybridized carbons (Fsp3) is 0.450. The highest BCUT2D eigenvalue weighted by Crippen LogP contribution is 2.43. The zero-order chi connectivity index (χ0) is 40.9. The Kier molecular flexibility index (Phi) is 10.6. The molecule has 16 nitrogen and oxygen atoms in total. The number of cyclic esters (lactones) is 1. The average Bonchev–Trinajstić information content (AvgIpc) is 3.71. The maximum absolute atomic E-state index is 16.0. The van der Waals surface area contributed by atoms with E-state index in [1.807, 2.05) is 0 Å². The summed E-state index contributed by atoms with van der Waals surface area (Å²) in [7, 11) is 0. The summed E-state index contributed by atoms with van der Waals surface area (Å²) in [6.07, 6.45) is 4.11. The molecule has 0 radical (unpaired) electrons. The molecule has 4 N–H and O–H groups in total. The molecule has 4 aliphatic heterocycles. The molecule has 0 fully saturated rings. The number of aromatic nitrogens is 2. The number of aliphatic hydroxyl groups is 1. The minimum absolute atomic E-state index is 0.0187. The van der Waals surface area contributed by atoms with E-state index in [1.54, 1.807) is 26.8 Å². The molecule has 6 heterocycles. The van der Waals surface area contributed by atoms with Crippen LogP contribution in [-0.2, 0) is 70.2 Å². The maximum atomic E-state index is 16.0. The maximum Gasteiger partial charge on any atom is 0.343 e. The number of benzene rings is 1. The number of imide groups is 1. The summed E-state index contributed by atoms with van der Waals surface area (Å²) in [5.41, 5.74) is 0.364. The Morgan fingerprint density at radius 3 is 2.35 bits per heavy atom. The molecule has 17 heteroatoms. The Bertz CT molecular complexity index is 2340. The smallest absolute Gasteiger partial charge is 0.343 e. The molecule has 0 saturated heterocycles. The molecule has 4 aliphatic rings. The topological polar surface area (TPSA) is 215 Å². The van der Waals surface area contributed by atoms with Crippen molar-refractivity contribution in [3.05, 3.63) is 68.3 Å². The van der Waals surface area contributed by atoms with Crippen LogP contribution in [0.1, 0.15) is 87.6 Å². The van der Waals surface area contributed by atoms with Crippen LogP contribution in [0.2, 0.25) is 0 Å². The van der Waals surface area contributed by atoms with Gasteiger partial charge in [-0.1, -0.05) is 27.2 Å². The van der Waals surface area contributed by atoms with Crippen molar-refractivity contribution in [1.82, 2.24) is 25.1 Å². The number of nitrogens with zero attached hydrogens (tertiary/aromatic N) is 3. The van der Waals surface area contributed by atoms with E-state index in [0.717, 1.165) is 4.90 Å². The Balaban J connectivity index is 1.04. The molecule has 3 atom stereocenters. The summed E-state index contributed by atoms with van der Waals surface area (Å²) in [6, 6.07) is 0.644. The highest BCUT2D eigenvalue weighted by Gasteiger charge is 2.46. The molecule has 0 spiro atoms. The number of anilines is 1.